The first kappa shape index (κ1) is 15.3. The Balaban J connectivity index is 2.40. The van der Waals surface area contributed by atoms with Gasteiger partial charge in [-0.2, -0.15) is 5.26 Å². The molecule has 1 rings (SSSR count). The smallest absolute Gasteiger partial charge is 0.407 e. The maximum absolute atomic E-state index is 11.8. The van der Waals surface area contributed by atoms with E-state index in [1.165, 1.54) is 0 Å². The molecule has 1 aliphatic rings. The summed E-state index contributed by atoms with van der Waals surface area (Å²) < 4.78 is 5.04. The maximum atomic E-state index is 11.8. The Hall–Kier alpha value is -1.77. The van der Waals surface area contributed by atoms with Gasteiger partial charge in [0.1, 0.15) is 12.6 Å². The highest BCUT2D eigenvalue weighted by atomic mass is 16.5. The standard InChI is InChI=1S/C13H21N3O3/c1-9(2)7-11(12(17)15-6-5-14)16-13(18)19-8-10-3-4-10/h9-11H,3-4,6-8H2,1-2H3,(H,15,17)(H,16,18)/t11-/m0/s1. The number of amides is 2. The molecule has 0 aromatic heterocycles. The van der Waals surface area contributed by atoms with Crippen LogP contribution in [0.4, 0.5) is 4.79 Å². The fourth-order valence-electron chi connectivity index (χ4n) is 1.61. The van der Waals surface area contributed by atoms with Crippen LogP contribution in [0, 0.1) is 23.2 Å². The monoisotopic (exact) mass is 267 g/mol. The minimum Gasteiger partial charge on any atom is -0.449 e. The summed E-state index contributed by atoms with van der Waals surface area (Å²) in [5.74, 6) is 0.391. The van der Waals surface area contributed by atoms with Crippen molar-refractivity contribution in [2.24, 2.45) is 11.8 Å². The van der Waals surface area contributed by atoms with E-state index in [9.17, 15) is 9.59 Å². The largest absolute Gasteiger partial charge is 0.449 e. The molecule has 1 saturated carbocycles. The van der Waals surface area contributed by atoms with Crippen LogP contribution in [0.15, 0.2) is 0 Å². The number of nitrogens with one attached hydrogen (secondary N) is 2. The van der Waals surface area contributed by atoms with E-state index in [-0.39, 0.29) is 18.4 Å². The van der Waals surface area contributed by atoms with Crippen LogP contribution in [0.3, 0.4) is 0 Å². The zero-order valence-corrected chi connectivity index (χ0v) is 11.4. The average molecular weight is 267 g/mol. The predicted octanol–water partition coefficient (Wildman–Crippen LogP) is 1.18. The summed E-state index contributed by atoms with van der Waals surface area (Å²) in [6.45, 7) is 4.27. The van der Waals surface area contributed by atoms with Crippen LogP contribution in [0.2, 0.25) is 0 Å². The normalized spacial score (nSPS) is 15.5. The van der Waals surface area contributed by atoms with Crippen LogP contribution in [0.1, 0.15) is 33.1 Å². The highest BCUT2D eigenvalue weighted by Gasteiger charge is 2.25. The first-order chi connectivity index (χ1) is 9.02. The minimum atomic E-state index is -0.653. The van der Waals surface area contributed by atoms with Crippen molar-refractivity contribution in [1.29, 1.82) is 5.26 Å². The lowest BCUT2D eigenvalue weighted by Gasteiger charge is -2.19. The predicted molar refractivity (Wildman–Crippen MR) is 69.1 cm³/mol. The quantitative estimate of drug-likeness (QED) is 0.677. The molecule has 6 nitrogen and oxygen atoms in total. The minimum absolute atomic E-state index is 0.0633. The lowest BCUT2D eigenvalue weighted by Crippen LogP contribution is -2.47. The van der Waals surface area contributed by atoms with E-state index in [4.69, 9.17) is 10.00 Å². The first-order valence-corrected chi connectivity index (χ1v) is 6.61. The summed E-state index contributed by atoms with van der Waals surface area (Å²) >= 11 is 0. The highest BCUT2D eigenvalue weighted by Crippen LogP contribution is 2.28. The van der Waals surface area contributed by atoms with E-state index >= 15 is 0 Å². The van der Waals surface area contributed by atoms with Crippen molar-refractivity contribution in [3.8, 4) is 6.07 Å². The zero-order valence-electron chi connectivity index (χ0n) is 11.4. The number of carbonyl (C=O) groups is 2. The Bertz CT molecular complexity index is 359. The van der Waals surface area contributed by atoms with E-state index in [2.05, 4.69) is 10.6 Å². The molecule has 0 heterocycles. The third-order valence-corrected chi connectivity index (χ3v) is 2.80. The molecular weight excluding hydrogens is 246 g/mol. The van der Waals surface area contributed by atoms with Crippen molar-refractivity contribution in [3.63, 3.8) is 0 Å². The molecule has 2 N–H and O–H groups in total. The topological polar surface area (TPSA) is 91.2 Å². The molecule has 1 aliphatic carbocycles. The van der Waals surface area contributed by atoms with Crippen LogP contribution in [0.5, 0.6) is 0 Å². The Morgan fingerprint density at radius 1 is 1.42 bits per heavy atom. The number of nitrogens with zero attached hydrogens (tertiary/aromatic N) is 1. The number of hydrogen-bond donors (Lipinski definition) is 2. The Kier molecular flexibility index (Phi) is 6.13. The van der Waals surface area contributed by atoms with E-state index in [0.717, 1.165) is 12.8 Å². The Morgan fingerprint density at radius 3 is 2.63 bits per heavy atom. The van der Waals surface area contributed by atoms with Gasteiger partial charge in [0.2, 0.25) is 5.91 Å². The molecule has 0 aliphatic heterocycles. The number of rotatable bonds is 7. The number of nitriles is 1. The highest BCUT2D eigenvalue weighted by molar-refractivity contribution is 5.85. The van der Waals surface area contributed by atoms with Crippen LogP contribution >= 0.6 is 0 Å². The molecular formula is C13H21N3O3. The van der Waals surface area contributed by atoms with Crippen molar-refractivity contribution in [1.82, 2.24) is 10.6 Å². The van der Waals surface area contributed by atoms with Crippen molar-refractivity contribution >= 4 is 12.0 Å². The molecule has 2 amide bonds. The molecule has 0 unspecified atom stereocenters. The van der Waals surface area contributed by atoms with Gasteiger partial charge in [0.25, 0.3) is 0 Å². The van der Waals surface area contributed by atoms with Gasteiger partial charge in [0, 0.05) is 0 Å². The van der Waals surface area contributed by atoms with E-state index in [0.29, 0.717) is 18.9 Å². The Morgan fingerprint density at radius 2 is 2.11 bits per heavy atom. The molecule has 19 heavy (non-hydrogen) atoms. The molecule has 0 aromatic rings. The van der Waals surface area contributed by atoms with Gasteiger partial charge in [-0.15, -0.1) is 0 Å². The third-order valence-electron chi connectivity index (χ3n) is 2.80. The van der Waals surface area contributed by atoms with Crippen LogP contribution in [0.25, 0.3) is 0 Å². The lowest BCUT2D eigenvalue weighted by molar-refractivity contribution is -0.123. The molecule has 0 spiro atoms. The molecule has 0 saturated heterocycles. The third kappa shape index (κ3) is 6.65. The summed E-state index contributed by atoms with van der Waals surface area (Å²) in [6, 6.07) is 1.18. The van der Waals surface area contributed by atoms with Crippen LogP contribution < -0.4 is 10.6 Å². The van der Waals surface area contributed by atoms with Crippen molar-refractivity contribution in [3.05, 3.63) is 0 Å². The SMILES string of the molecule is CC(C)C[C@H](NC(=O)OCC1CC1)C(=O)NCC#N. The van der Waals surface area contributed by atoms with Gasteiger partial charge in [0.15, 0.2) is 0 Å². The van der Waals surface area contributed by atoms with Crippen molar-refractivity contribution in [2.75, 3.05) is 13.2 Å². The van der Waals surface area contributed by atoms with Crippen molar-refractivity contribution < 1.29 is 14.3 Å². The van der Waals surface area contributed by atoms with E-state index in [1.807, 2.05) is 19.9 Å². The molecule has 6 heteroatoms. The second-order valence-electron chi connectivity index (χ2n) is 5.24. The lowest BCUT2D eigenvalue weighted by atomic mass is 10.0. The van der Waals surface area contributed by atoms with Gasteiger partial charge in [-0.25, -0.2) is 4.79 Å². The van der Waals surface area contributed by atoms with Gasteiger partial charge < -0.3 is 15.4 Å². The fourth-order valence-corrected chi connectivity index (χ4v) is 1.61. The van der Waals surface area contributed by atoms with Gasteiger partial charge in [-0.05, 0) is 31.1 Å². The summed E-state index contributed by atoms with van der Waals surface area (Å²) in [5.41, 5.74) is 0. The van der Waals surface area contributed by atoms with Gasteiger partial charge in [-0.1, -0.05) is 13.8 Å². The van der Waals surface area contributed by atoms with Gasteiger partial charge >= 0.3 is 6.09 Å². The summed E-state index contributed by atoms with van der Waals surface area (Å²) in [4.78, 5) is 23.4. The molecule has 1 fully saturated rings. The van der Waals surface area contributed by atoms with E-state index in [1.54, 1.807) is 0 Å². The van der Waals surface area contributed by atoms with Crippen LogP contribution in [-0.4, -0.2) is 31.2 Å². The fraction of sp³-hybridized carbons (Fsp3) is 0.769. The van der Waals surface area contributed by atoms with Gasteiger partial charge in [-0.3, -0.25) is 4.79 Å². The molecule has 0 bridgehead atoms. The maximum Gasteiger partial charge on any atom is 0.407 e. The van der Waals surface area contributed by atoms with Crippen LogP contribution in [-0.2, 0) is 9.53 Å². The molecule has 1 atom stereocenters. The number of carbonyl (C=O) groups excluding carboxylic acids is 2. The first-order valence-electron chi connectivity index (χ1n) is 6.61. The number of ether oxygens (including phenoxy) is 1. The Labute approximate surface area is 113 Å². The number of alkyl carbamates (subject to hydrolysis) is 1. The number of hydrogen-bond acceptors (Lipinski definition) is 4. The zero-order chi connectivity index (χ0) is 14.3. The molecule has 0 aromatic carbocycles. The van der Waals surface area contributed by atoms with Gasteiger partial charge in [0.05, 0.1) is 12.7 Å². The second-order valence-corrected chi connectivity index (χ2v) is 5.24. The second kappa shape index (κ2) is 7.62. The summed E-state index contributed by atoms with van der Waals surface area (Å²) in [6.07, 6.45) is 2.15. The molecule has 106 valence electrons. The average Bonchev–Trinajstić information content (AvgIpc) is 3.16. The molecule has 0 radical (unpaired) electrons. The van der Waals surface area contributed by atoms with E-state index < -0.39 is 12.1 Å². The summed E-state index contributed by atoms with van der Waals surface area (Å²) in [7, 11) is 0. The van der Waals surface area contributed by atoms with Crippen molar-refractivity contribution in [2.45, 2.75) is 39.2 Å². The summed E-state index contributed by atoms with van der Waals surface area (Å²) in [5, 5.41) is 13.4.